The third-order valence-electron chi connectivity index (χ3n) is 4.87. The van der Waals surface area contributed by atoms with Crippen molar-refractivity contribution in [3.63, 3.8) is 0 Å². The lowest BCUT2D eigenvalue weighted by Crippen LogP contribution is -2.33. The summed E-state index contributed by atoms with van der Waals surface area (Å²) in [7, 11) is 0. The second-order valence-electron chi connectivity index (χ2n) is 7.04. The quantitative estimate of drug-likeness (QED) is 0.836. The average Bonchev–Trinajstić information content (AvgIpc) is 2.70. The maximum atomic E-state index is 3.88. The van der Waals surface area contributed by atoms with Crippen molar-refractivity contribution in [2.45, 2.75) is 46.2 Å². The van der Waals surface area contributed by atoms with E-state index in [0.29, 0.717) is 12.1 Å². The van der Waals surface area contributed by atoms with E-state index in [4.69, 9.17) is 0 Å². The molecule has 0 aliphatic heterocycles. The number of nitrogens with one attached hydrogen (secondary N) is 1. The highest BCUT2D eigenvalue weighted by molar-refractivity contribution is 5.38. The van der Waals surface area contributed by atoms with Crippen LogP contribution in [-0.2, 0) is 6.42 Å². The van der Waals surface area contributed by atoms with Crippen LogP contribution in [0, 0.1) is 12.3 Å². The van der Waals surface area contributed by atoms with Crippen molar-refractivity contribution < 1.29 is 0 Å². The van der Waals surface area contributed by atoms with E-state index in [-0.39, 0.29) is 5.41 Å². The molecule has 1 aliphatic carbocycles. The van der Waals surface area contributed by atoms with Crippen molar-refractivity contribution in [2.24, 2.45) is 5.41 Å². The Morgan fingerprint density at radius 2 is 1.71 bits per heavy atom. The average molecular weight is 279 g/mol. The van der Waals surface area contributed by atoms with Gasteiger partial charge in [0, 0.05) is 12.1 Å². The molecule has 2 unspecified atom stereocenters. The zero-order valence-electron chi connectivity index (χ0n) is 13.5. The zero-order chi connectivity index (χ0) is 15.0. The predicted octanol–water partition coefficient (Wildman–Crippen LogP) is 4.97. The molecule has 0 spiro atoms. The molecule has 0 aromatic heterocycles. The van der Waals surface area contributed by atoms with Gasteiger partial charge in [-0.3, -0.25) is 0 Å². The molecule has 2 aromatic rings. The molecule has 0 amide bonds. The van der Waals surface area contributed by atoms with Crippen LogP contribution in [-0.4, -0.2) is 0 Å². The molecule has 2 atom stereocenters. The Morgan fingerprint density at radius 3 is 2.48 bits per heavy atom. The minimum atomic E-state index is 0.265. The summed E-state index contributed by atoms with van der Waals surface area (Å²) in [6, 6.07) is 18.3. The van der Waals surface area contributed by atoms with Gasteiger partial charge in [0.05, 0.1) is 0 Å². The Balaban J connectivity index is 1.89. The Hall–Kier alpha value is -1.60. The minimum absolute atomic E-state index is 0.265. The molecule has 0 saturated carbocycles. The van der Waals surface area contributed by atoms with Crippen LogP contribution in [0.2, 0.25) is 0 Å². The number of benzene rings is 2. The van der Waals surface area contributed by atoms with Gasteiger partial charge in [0.2, 0.25) is 0 Å². The second kappa shape index (κ2) is 5.31. The van der Waals surface area contributed by atoms with Crippen molar-refractivity contribution in [3.05, 3.63) is 70.8 Å². The smallest absolute Gasteiger partial charge is 0.0382 e. The molecule has 1 N–H and O–H groups in total. The third-order valence-corrected chi connectivity index (χ3v) is 4.87. The van der Waals surface area contributed by atoms with Crippen LogP contribution in [0.1, 0.15) is 55.1 Å². The first-order valence-corrected chi connectivity index (χ1v) is 7.88. The Morgan fingerprint density at radius 1 is 1.05 bits per heavy atom. The van der Waals surface area contributed by atoms with Crippen molar-refractivity contribution >= 4 is 0 Å². The zero-order valence-corrected chi connectivity index (χ0v) is 13.5. The fourth-order valence-electron chi connectivity index (χ4n) is 3.72. The Bertz CT molecular complexity index is 642. The van der Waals surface area contributed by atoms with Crippen molar-refractivity contribution in [3.8, 4) is 0 Å². The second-order valence-corrected chi connectivity index (χ2v) is 7.04. The maximum Gasteiger partial charge on any atom is 0.0382 e. The molecule has 0 radical (unpaired) electrons. The van der Waals surface area contributed by atoms with Gasteiger partial charge in [0.25, 0.3) is 0 Å². The number of rotatable bonds is 3. The summed E-state index contributed by atoms with van der Waals surface area (Å²) in [5, 5.41) is 3.88. The van der Waals surface area contributed by atoms with Crippen molar-refractivity contribution in [1.82, 2.24) is 5.32 Å². The lowest BCUT2D eigenvalue weighted by atomic mass is 9.84. The molecule has 0 saturated heterocycles. The van der Waals surface area contributed by atoms with Gasteiger partial charge in [0.15, 0.2) is 0 Å². The molecule has 1 aliphatic rings. The molecule has 1 heteroatoms. The lowest BCUT2D eigenvalue weighted by molar-refractivity contribution is 0.252. The van der Waals surface area contributed by atoms with E-state index in [1.165, 1.54) is 22.3 Å². The summed E-state index contributed by atoms with van der Waals surface area (Å²) in [6.45, 7) is 9.21. The highest BCUT2D eigenvalue weighted by Crippen LogP contribution is 2.46. The SMILES string of the molecule is Cc1ccccc1C(C)NC1c2ccccc2CC1(C)C. The standard InChI is InChI=1S/C20H25N/c1-14-9-5-7-11-17(14)15(2)21-19-18-12-8-6-10-16(18)13-20(19,3)4/h5-12,15,19,21H,13H2,1-4H3. The normalized spacial score (nSPS) is 21.0. The number of hydrogen-bond donors (Lipinski definition) is 1. The summed E-state index contributed by atoms with van der Waals surface area (Å²) in [4.78, 5) is 0. The first-order valence-electron chi connectivity index (χ1n) is 7.88. The molecule has 1 nitrogen and oxygen atoms in total. The fourth-order valence-corrected chi connectivity index (χ4v) is 3.72. The largest absolute Gasteiger partial charge is 0.303 e. The van der Waals surface area contributed by atoms with E-state index >= 15 is 0 Å². The van der Waals surface area contributed by atoms with Crippen LogP contribution in [0.25, 0.3) is 0 Å². The van der Waals surface area contributed by atoms with E-state index in [1.54, 1.807) is 0 Å². The summed E-state index contributed by atoms with van der Waals surface area (Å²) in [5.74, 6) is 0. The Kier molecular flexibility index (Phi) is 3.62. The third kappa shape index (κ3) is 2.63. The topological polar surface area (TPSA) is 12.0 Å². The van der Waals surface area contributed by atoms with Gasteiger partial charge < -0.3 is 5.32 Å². The van der Waals surface area contributed by atoms with Gasteiger partial charge in [-0.15, -0.1) is 0 Å². The van der Waals surface area contributed by atoms with Crippen LogP contribution in [0.15, 0.2) is 48.5 Å². The predicted molar refractivity (Wildman–Crippen MR) is 89.4 cm³/mol. The fraction of sp³-hybridized carbons (Fsp3) is 0.400. The van der Waals surface area contributed by atoms with Crippen molar-refractivity contribution in [2.75, 3.05) is 0 Å². The first kappa shape index (κ1) is 14.3. The number of hydrogen-bond acceptors (Lipinski definition) is 1. The number of aryl methyl sites for hydroxylation is 1. The minimum Gasteiger partial charge on any atom is -0.303 e. The molecule has 110 valence electrons. The van der Waals surface area contributed by atoms with Crippen LogP contribution >= 0.6 is 0 Å². The van der Waals surface area contributed by atoms with Crippen LogP contribution in [0.3, 0.4) is 0 Å². The maximum absolute atomic E-state index is 3.88. The summed E-state index contributed by atoms with van der Waals surface area (Å²) in [5.41, 5.74) is 6.00. The van der Waals surface area contributed by atoms with Crippen LogP contribution in [0.4, 0.5) is 0 Å². The highest BCUT2D eigenvalue weighted by atomic mass is 15.0. The summed E-state index contributed by atoms with van der Waals surface area (Å²) in [6.07, 6.45) is 1.15. The van der Waals surface area contributed by atoms with Crippen LogP contribution < -0.4 is 5.32 Å². The molecule has 21 heavy (non-hydrogen) atoms. The van der Waals surface area contributed by atoms with E-state index in [1.807, 2.05) is 0 Å². The molecular weight excluding hydrogens is 254 g/mol. The highest BCUT2D eigenvalue weighted by Gasteiger charge is 2.39. The van der Waals surface area contributed by atoms with Gasteiger partial charge in [-0.05, 0) is 47.9 Å². The molecule has 0 bridgehead atoms. The van der Waals surface area contributed by atoms with Gasteiger partial charge in [-0.25, -0.2) is 0 Å². The molecule has 0 heterocycles. The van der Waals surface area contributed by atoms with Gasteiger partial charge >= 0.3 is 0 Å². The van der Waals surface area contributed by atoms with Crippen LogP contribution in [0.5, 0.6) is 0 Å². The van der Waals surface area contributed by atoms with E-state index in [0.717, 1.165) is 6.42 Å². The summed E-state index contributed by atoms with van der Waals surface area (Å²) >= 11 is 0. The van der Waals surface area contributed by atoms with E-state index in [9.17, 15) is 0 Å². The summed E-state index contributed by atoms with van der Waals surface area (Å²) < 4.78 is 0. The van der Waals surface area contributed by atoms with E-state index < -0.39 is 0 Å². The van der Waals surface area contributed by atoms with Gasteiger partial charge in [-0.2, -0.15) is 0 Å². The van der Waals surface area contributed by atoms with E-state index in [2.05, 4.69) is 81.5 Å². The van der Waals surface area contributed by atoms with Gasteiger partial charge in [-0.1, -0.05) is 62.4 Å². The van der Waals surface area contributed by atoms with Gasteiger partial charge in [0.1, 0.15) is 0 Å². The first-order chi connectivity index (χ1) is 9.99. The molecule has 0 fully saturated rings. The Labute approximate surface area is 128 Å². The number of fused-ring (bicyclic) bond motifs is 1. The molecule has 3 rings (SSSR count). The molecular formula is C20H25N. The lowest BCUT2D eigenvalue weighted by Gasteiger charge is -2.32. The molecule has 2 aromatic carbocycles. The monoisotopic (exact) mass is 279 g/mol. The van der Waals surface area contributed by atoms with Crippen molar-refractivity contribution in [1.29, 1.82) is 0 Å².